The summed E-state index contributed by atoms with van der Waals surface area (Å²) in [5, 5.41) is 1.61. The molecule has 0 unspecified atom stereocenters. The zero-order chi connectivity index (χ0) is 10.8. The van der Waals surface area contributed by atoms with E-state index in [4.69, 9.17) is 0 Å². The molecule has 1 aromatic carbocycles. The molecule has 0 atom stereocenters. The average Bonchev–Trinajstić information content (AvgIpc) is 2.60. The summed E-state index contributed by atoms with van der Waals surface area (Å²) in [5.74, 6) is -1.79. The van der Waals surface area contributed by atoms with Crippen LogP contribution in [0.4, 0.5) is 8.78 Å². The quantitative estimate of drug-likeness (QED) is 0.771. The lowest BCUT2D eigenvalue weighted by Crippen LogP contribution is -2.13. The van der Waals surface area contributed by atoms with Crippen molar-refractivity contribution < 1.29 is 8.78 Å². The van der Waals surface area contributed by atoms with Gasteiger partial charge in [-0.15, -0.1) is 0 Å². The zero-order valence-electron chi connectivity index (χ0n) is 7.61. The predicted octanol–water partition coefficient (Wildman–Crippen LogP) is 2.24. The van der Waals surface area contributed by atoms with E-state index in [1.807, 2.05) is 0 Å². The molecule has 0 aliphatic heterocycles. The van der Waals surface area contributed by atoms with Crippen LogP contribution in [0.3, 0.4) is 0 Å². The Balaban J connectivity index is 2.37. The lowest BCUT2D eigenvalue weighted by molar-refractivity contribution is 0.495. The fraction of sp³-hybridized carbons (Fsp3) is 0.100. The Hall–Kier alpha value is -1.49. The third kappa shape index (κ3) is 1.97. The first-order valence-electron chi connectivity index (χ1n) is 4.25. The molecule has 2 aromatic rings. The first-order valence-corrected chi connectivity index (χ1v) is 5.13. The van der Waals surface area contributed by atoms with Gasteiger partial charge in [0.2, 0.25) is 0 Å². The second-order valence-corrected chi connectivity index (χ2v) is 3.87. The highest BCUT2D eigenvalue weighted by Gasteiger charge is 2.08. The second-order valence-electron chi connectivity index (χ2n) is 3.01. The molecule has 1 aromatic heterocycles. The SMILES string of the molecule is O=c1sccn1Cc1cccc(F)c1F. The molecule has 0 radical (unpaired) electrons. The number of thiazole rings is 1. The number of halogens is 2. The maximum Gasteiger partial charge on any atom is 0.307 e. The van der Waals surface area contributed by atoms with Gasteiger partial charge in [0, 0.05) is 17.1 Å². The number of hydrogen-bond acceptors (Lipinski definition) is 2. The van der Waals surface area contributed by atoms with Crippen LogP contribution in [0.1, 0.15) is 5.56 Å². The normalized spacial score (nSPS) is 10.5. The van der Waals surface area contributed by atoms with Gasteiger partial charge < -0.3 is 4.57 Å². The molecule has 0 saturated carbocycles. The second kappa shape index (κ2) is 3.94. The average molecular weight is 227 g/mol. The highest BCUT2D eigenvalue weighted by atomic mass is 32.1. The third-order valence-corrected chi connectivity index (χ3v) is 2.71. The van der Waals surface area contributed by atoms with Gasteiger partial charge in [0.25, 0.3) is 0 Å². The van der Waals surface area contributed by atoms with Gasteiger partial charge in [0.05, 0.1) is 6.54 Å². The van der Waals surface area contributed by atoms with Gasteiger partial charge in [-0.2, -0.15) is 0 Å². The molecule has 0 spiro atoms. The van der Waals surface area contributed by atoms with Crippen molar-refractivity contribution >= 4 is 11.3 Å². The van der Waals surface area contributed by atoms with Gasteiger partial charge in [0.1, 0.15) is 0 Å². The van der Waals surface area contributed by atoms with Crippen LogP contribution in [0.2, 0.25) is 0 Å². The maximum absolute atomic E-state index is 13.2. The fourth-order valence-electron chi connectivity index (χ4n) is 1.26. The van der Waals surface area contributed by atoms with Gasteiger partial charge >= 0.3 is 4.87 Å². The van der Waals surface area contributed by atoms with E-state index < -0.39 is 11.6 Å². The Morgan fingerprint density at radius 2 is 2.13 bits per heavy atom. The smallest absolute Gasteiger partial charge is 0.301 e. The first kappa shape index (κ1) is 10.0. The largest absolute Gasteiger partial charge is 0.307 e. The minimum absolute atomic E-state index is 0.0614. The molecule has 0 aliphatic carbocycles. The van der Waals surface area contributed by atoms with Gasteiger partial charge in [-0.1, -0.05) is 23.5 Å². The molecule has 0 aliphatic rings. The van der Waals surface area contributed by atoms with Crippen LogP contribution in [0, 0.1) is 11.6 Å². The molecule has 1 heterocycles. The Morgan fingerprint density at radius 3 is 2.80 bits per heavy atom. The molecular weight excluding hydrogens is 220 g/mol. The molecule has 0 amide bonds. The van der Waals surface area contributed by atoms with Crippen LogP contribution in [0.5, 0.6) is 0 Å². The molecule has 0 fully saturated rings. The molecule has 0 bridgehead atoms. The van der Waals surface area contributed by atoms with Crippen LogP contribution in [0.15, 0.2) is 34.6 Å². The Bertz CT molecular complexity index is 532. The van der Waals surface area contributed by atoms with E-state index in [1.165, 1.54) is 16.7 Å². The summed E-state index contributed by atoms with van der Waals surface area (Å²) in [6.07, 6.45) is 1.55. The van der Waals surface area contributed by atoms with Gasteiger partial charge in [-0.3, -0.25) is 4.79 Å². The predicted molar refractivity (Wildman–Crippen MR) is 54.0 cm³/mol. The van der Waals surface area contributed by atoms with E-state index in [1.54, 1.807) is 11.6 Å². The Kier molecular flexibility index (Phi) is 2.64. The van der Waals surface area contributed by atoms with Crippen molar-refractivity contribution in [3.05, 3.63) is 56.6 Å². The number of nitrogens with zero attached hydrogens (tertiary/aromatic N) is 1. The van der Waals surface area contributed by atoms with E-state index >= 15 is 0 Å². The molecule has 15 heavy (non-hydrogen) atoms. The van der Waals surface area contributed by atoms with Gasteiger partial charge in [0.15, 0.2) is 11.6 Å². The van der Waals surface area contributed by atoms with E-state index in [9.17, 15) is 13.6 Å². The third-order valence-electron chi connectivity index (χ3n) is 2.02. The van der Waals surface area contributed by atoms with E-state index in [-0.39, 0.29) is 17.0 Å². The minimum Gasteiger partial charge on any atom is -0.301 e. The molecule has 5 heteroatoms. The first-order chi connectivity index (χ1) is 7.18. The van der Waals surface area contributed by atoms with Gasteiger partial charge in [-0.25, -0.2) is 8.78 Å². The lowest BCUT2D eigenvalue weighted by Gasteiger charge is -2.03. The number of rotatable bonds is 2. The van der Waals surface area contributed by atoms with Crippen molar-refractivity contribution in [2.24, 2.45) is 0 Å². The minimum atomic E-state index is -0.893. The molecule has 0 saturated heterocycles. The van der Waals surface area contributed by atoms with Gasteiger partial charge in [-0.05, 0) is 6.07 Å². The summed E-state index contributed by atoms with van der Waals surface area (Å²) in [7, 11) is 0. The van der Waals surface area contributed by atoms with Crippen molar-refractivity contribution in [1.29, 1.82) is 0 Å². The summed E-state index contributed by atoms with van der Waals surface area (Å²) in [5.41, 5.74) is 0.176. The topological polar surface area (TPSA) is 22.0 Å². The highest BCUT2D eigenvalue weighted by molar-refractivity contribution is 7.07. The molecular formula is C10H7F2NOS. The van der Waals surface area contributed by atoms with Crippen LogP contribution in [-0.2, 0) is 6.54 Å². The number of hydrogen-bond donors (Lipinski definition) is 0. The van der Waals surface area contributed by atoms with Crippen LogP contribution >= 0.6 is 11.3 Å². The summed E-state index contributed by atoms with van der Waals surface area (Å²) in [6, 6.07) is 3.93. The zero-order valence-corrected chi connectivity index (χ0v) is 8.43. The van der Waals surface area contributed by atoms with Crippen LogP contribution in [0.25, 0.3) is 0 Å². The van der Waals surface area contributed by atoms with Crippen LogP contribution < -0.4 is 4.87 Å². The summed E-state index contributed by atoms with van der Waals surface area (Å²) in [4.78, 5) is 11.0. The number of aromatic nitrogens is 1. The van der Waals surface area contributed by atoms with E-state index in [0.29, 0.717) is 0 Å². The maximum atomic E-state index is 13.2. The molecule has 78 valence electrons. The number of benzene rings is 1. The van der Waals surface area contributed by atoms with Crippen molar-refractivity contribution in [2.75, 3.05) is 0 Å². The van der Waals surface area contributed by atoms with Crippen LogP contribution in [-0.4, -0.2) is 4.57 Å². The molecule has 2 nitrogen and oxygen atoms in total. The fourth-order valence-corrected chi connectivity index (χ4v) is 1.85. The van der Waals surface area contributed by atoms with Crippen molar-refractivity contribution in [2.45, 2.75) is 6.54 Å². The standard InChI is InChI=1S/C10H7F2NOS/c11-8-3-1-2-7(9(8)12)6-13-4-5-15-10(13)14/h1-5H,6H2. The Morgan fingerprint density at radius 1 is 1.33 bits per heavy atom. The van der Waals surface area contributed by atoms with Crippen molar-refractivity contribution in [3.8, 4) is 0 Å². The van der Waals surface area contributed by atoms with E-state index in [2.05, 4.69) is 0 Å². The van der Waals surface area contributed by atoms with E-state index in [0.717, 1.165) is 17.4 Å². The lowest BCUT2D eigenvalue weighted by atomic mass is 10.2. The molecule has 2 rings (SSSR count). The van der Waals surface area contributed by atoms with Crippen molar-refractivity contribution in [3.63, 3.8) is 0 Å². The summed E-state index contributed by atoms with van der Waals surface area (Å²) in [6.45, 7) is 0.0614. The van der Waals surface area contributed by atoms with Crippen molar-refractivity contribution in [1.82, 2.24) is 4.57 Å². The summed E-state index contributed by atoms with van der Waals surface area (Å²) < 4.78 is 27.4. The monoisotopic (exact) mass is 227 g/mol. The summed E-state index contributed by atoms with van der Waals surface area (Å²) >= 11 is 1.02. The molecule has 0 N–H and O–H groups in total. The highest BCUT2D eigenvalue weighted by Crippen LogP contribution is 2.12. The Labute approximate surface area is 88.4 Å².